The minimum atomic E-state index is -0.0733. The molecule has 0 radical (unpaired) electrons. The number of amides is 1. The van der Waals surface area contributed by atoms with Crippen molar-refractivity contribution in [3.05, 3.63) is 42.2 Å². The van der Waals surface area contributed by atoms with Crippen LogP contribution in [0.25, 0.3) is 0 Å². The number of nitrogens with one attached hydrogen (secondary N) is 1. The number of rotatable bonds is 4. The molecule has 1 fully saturated rings. The van der Waals surface area contributed by atoms with Gasteiger partial charge in [0.25, 0.3) is 0 Å². The van der Waals surface area contributed by atoms with Gasteiger partial charge in [-0.15, -0.1) is 0 Å². The van der Waals surface area contributed by atoms with E-state index < -0.39 is 0 Å². The molecule has 22 heavy (non-hydrogen) atoms. The molecule has 6 nitrogen and oxygen atoms in total. The molecule has 6 heteroatoms. The van der Waals surface area contributed by atoms with Gasteiger partial charge in [0, 0.05) is 18.9 Å². The number of ether oxygens (including phenoxy) is 2. The second-order valence-corrected chi connectivity index (χ2v) is 5.40. The Morgan fingerprint density at radius 2 is 2.23 bits per heavy atom. The molecular weight excluding hydrogens is 282 g/mol. The number of hydrogen-bond acceptors (Lipinski definition) is 5. The Kier molecular flexibility index (Phi) is 4.48. The summed E-state index contributed by atoms with van der Waals surface area (Å²) in [6, 6.07) is 7.82. The topological polar surface area (TPSA) is 54.0 Å². The zero-order valence-electron chi connectivity index (χ0n) is 12.7. The molecule has 0 bridgehead atoms. The molecular formula is C16H21N3O3. The molecule has 0 spiro atoms. The summed E-state index contributed by atoms with van der Waals surface area (Å²) >= 11 is 0. The molecule has 1 aromatic rings. The lowest BCUT2D eigenvalue weighted by Gasteiger charge is -2.34. The van der Waals surface area contributed by atoms with Gasteiger partial charge in [-0.2, -0.15) is 0 Å². The Morgan fingerprint density at radius 1 is 1.41 bits per heavy atom. The van der Waals surface area contributed by atoms with Crippen LogP contribution in [0.1, 0.15) is 11.7 Å². The molecule has 1 aromatic carbocycles. The van der Waals surface area contributed by atoms with Crippen LogP contribution in [0.2, 0.25) is 0 Å². The second kappa shape index (κ2) is 6.70. The molecule has 3 rings (SSSR count). The van der Waals surface area contributed by atoms with Gasteiger partial charge in [-0.05, 0) is 17.7 Å². The molecule has 1 unspecified atom stereocenters. The molecule has 0 aromatic heterocycles. The Bertz CT molecular complexity index is 544. The molecule has 0 saturated carbocycles. The lowest BCUT2D eigenvalue weighted by molar-refractivity contribution is -0.139. The highest BCUT2D eigenvalue weighted by Gasteiger charge is 2.26. The van der Waals surface area contributed by atoms with Gasteiger partial charge in [0.05, 0.1) is 33.5 Å². The number of carbonyl (C=O) groups is 1. The summed E-state index contributed by atoms with van der Waals surface area (Å²) in [4.78, 5) is 16.2. The molecule has 118 valence electrons. The fourth-order valence-corrected chi connectivity index (χ4v) is 2.66. The van der Waals surface area contributed by atoms with Crippen LogP contribution >= 0.6 is 0 Å². The van der Waals surface area contributed by atoms with Crippen LogP contribution in [0, 0.1) is 0 Å². The molecule has 2 heterocycles. The second-order valence-electron chi connectivity index (χ2n) is 5.40. The van der Waals surface area contributed by atoms with E-state index in [2.05, 4.69) is 5.32 Å². The smallest absolute Gasteiger partial charge is 0.242 e. The standard InChI is InChI=1S/C16H21N3O3/c1-21-14-4-2-13(3-5-14)15-10-19(8-9-22-15)16(20)11-18-7-6-17-12-18/h2-7,15,17H,8-12H2,1H3. The van der Waals surface area contributed by atoms with Gasteiger partial charge >= 0.3 is 0 Å². The minimum absolute atomic E-state index is 0.0733. The summed E-state index contributed by atoms with van der Waals surface area (Å²) < 4.78 is 11.0. The van der Waals surface area contributed by atoms with Gasteiger partial charge in [0.2, 0.25) is 5.91 Å². The predicted molar refractivity (Wildman–Crippen MR) is 82.1 cm³/mol. The highest BCUT2D eigenvalue weighted by molar-refractivity contribution is 5.78. The van der Waals surface area contributed by atoms with Crippen molar-refractivity contribution in [1.82, 2.24) is 15.1 Å². The Balaban J connectivity index is 1.60. The Hall–Kier alpha value is -2.21. The van der Waals surface area contributed by atoms with Crippen molar-refractivity contribution in [3.8, 4) is 5.75 Å². The van der Waals surface area contributed by atoms with Crippen LogP contribution in [0.5, 0.6) is 5.75 Å². The van der Waals surface area contributed by atoms with Crippen molar-refractivity contribution in [2.75, 3.05) is 40.0 Å². The van der Waals surface area contributed by atoms with Crippen LogP contribution in [0.15, 0.2) is 36.7 Å². The van der Waals surface area contributed by atoms with Crippen molar-refractivity contribution in [3.63, 3.8) is 0 Å². The minimum Gasteiger partial charge on any atom is -0.497 e. The molecule has 1 saturated heterocycles. The molecule has 1 atom stereocenters. The van der Waals surface area contributed by atoms with Gasteiger partial charge in [-0.1, -0.05) is 12.1 Å². The van der Waals surface area contributed by atoms with E-state index in [1.807, 2.05) is 46.5 Å². The summed E-state index contributed by atoms with van der Waals surface area (Å²) in [5.74, 6) is 0.955. The lowest BCUT2D eigenvalue weighted by atomic mass is 10.1. The maximum Gasteiger partial charge on any atom is 0.242 e. The Morgan fingerprint density at radius 3 is 2.91 bits per heavy atom. The normalized spacial score (nSPS) is 20.9. The summed E-state index contributed by atoms with van der Waals surface area (Å²) in [6.07, 6.45) is 3.68. The first kappa shape index (κ1) is 14.7. The number of morpholine rings is 1. The van der Waals surface area contributed by atoms with Crippen molar-refractivity contribution in [2.45, 2.75) is 6.10 Å². The quantitative estimate of drug-likeness (QED) is 0.897. The SMILES string of the molecule is COc1ccc(C2CN(C(=O)CN3C=CNC3)CCO2)cc1. The highest BCUT2D eigenvalue weighted by Crippen LogP contribution is 2.24. The van der Waals surface area contributed by atoms with Crippen molar-refractivity contribution in [1.29, 1.82) is 0 Å². The van der Waals surface area contributed by atoms with Gasteiger partial charge in [-0.3, -0.25) is 4.79 Å². The molecule has 2 aliphatic heterocycles. The molecule has 1 N–H and O–H groups in total. The predicted octanol–water partition coefficient (Wildman–Crippen LogP) is 0.929. The number of benzene rings is 1. The first-order chi connectivity index (χ1) is 10.8. The summed E-state index contributed by atoms with van der Waals surface area (Å²) in [7, 11) is 1.65. The third-order valence-corrected chi connectivity index (χ3v) is 3.94. The summed E-state index contributed by atoms with van der Waals surface area (Å²) in [6.45, 7) is 2.90. The van der Waals surface area contributed by atoms with Crippen molar-refractivity contribution < 1.29 is 14.3 Å². The van der Waals surface area contributed by atoms with Crippen LogP contribution in [0.3, 0.4) is 0 Å². The number of carbonyl (C=O) groups excluding carboxylic acids is 1. The maximum atomic E-state index is 12.4. The fourth-order valence-electron chi connectivity index (χ4n) is 2.66. The average molecular weight is 303 g/mol. The largest absolute Gasteiger partial charge is 0.497 e. The van der Waals surface area contributed by atoms with Gasteiger partial charge in [0.1, 0.15) is 11.9 Å². The van der Waals surface area contributed by atoms with E-state index in [1.165, 1.54) is 0 Å². The zero-order valence-corrected chi connectivity index (χ0v) is 12.7. The van der Waals surface area contributed by atoms with Gasteiger partial charge in [0.15, 0.2) is 0 Å². The van der Waals surface area contributed by atoms with Crippen LogP contribution < -0.4 is 10.1 Å². The van der Waals surface area contributed by atoms with E-state index >= 15 is 0 Å². The zero-order chi connectivity index (χ0) is 15.4. The van der Waals surface area contributed by atoms with Crippen molar-refractivity contribution in [2.24, 2.45) is 0 Å². The number of nitrogens with zero attached hydrogens (tertiary/aromatic N) is 2. The van der Waals surface area contributed by atoms with Crippen LogP contribution in [-0.4, -0.2) is 55.7 Å². The number of methoxy groups -OCH3 is 1. The molecule has 2 aliphatic rings. The monoisotopic (exact) mass is 303 g/mol. The molecule has 1 amide bonds. The first-order valence-corrected chi connectivity index (χ1v) is 7.43. The van der Waals surface area contributed by atoms with E-state index in [0.717, 1.165) is 11.3 Å². The highest BCUT2D eigenvalue weighted by atomic mass is 16.5. The van der Waals surface area contributed by atoms with Gasteiger partial charge < -0.3 is 24.6 Å². The van der Waals surface area contributed by atoms with Gasteiger partial charge in [-0.25, -0.2) is 0 Å². The first-order valence-electron chi connectivity index (χ1n) is 7.43. The summed E-state index contributed by atoms with van der Waals surface area (Å²) in [5.41, 5.74) is 1.07. The van der Waals surface area contributed by atoms with E-state index in [4.69, 9.17) is 9.47 Å². The summed E-state index contributed by atoms with van der Waals surface area (Å²) in [5, 5.41) is 3.06. The third-order valence-electron chi connectivity index (χ3n) is 3.94. The van der Waals surface area contributed by atoms with Crippen LogP contribution in [0.4, 0.5) is 0 Å². The lowest BCUT2D eigenvalue weighted by Crippen LogP contribution is -2.46. The average Bonchev–Trinajstić information content (AvgIpc) is 3.08. The van der Waals surface area contributed by atoms with E-state index in [9.17, 15) is 4.79 Å². The number of hydrogen-bond donors (Lipinski definition) is 1. The molecule has 0 aliphatic carbocycles. The van der Waals surface area contributed by atoms with E-state index in [0.29, 0.717) is 32.9 Å². The maximum absolute atomic E-state index is 12.4. The van der Waals surface area contributed by atoms with E-state index in [1.54, 1.807) is 7.11 Å². The third kappa shape index (κ3) is 3.33. The van der Waals surface area contributed by atoms with E-state index in [-0.39, 0.29) is 12.0 Å². The Labute approximate surface area is 130 Å². The van der Waals surface area contributed by atoms with Crippen LogP contribution in [-0.2, 0) is 9.53 Å². The fraction of sp³-hybridized carbons (Fsp3) is 0.438. The van der Waals surface area contributed by atoms with Crippen molar-refractivity contribution >= 4 is 5.91 Å².